The summed E-state index contributed by atoms with van der Waals surface area (Å²) in [6.45, 7) is 8.84. The van der Waals surface area contributed by atoms with Crippen molar-refractivity contribution in [3.8, 4) is 0 Å². The lowest BCUT2D eigenvalue weighted by Crippen LogP contribution is -1.75. The van der Waals surface area contributed by atoms with Gasteiger partial charge in [0.2, 0.25) is 0 Å². The maximum atomic E-state index is 7.00. The van der Waals surface area contributed by atoms with Crippen LogP contribution in [0.15, 0.2) is 61.4 Å². The van der Waals surface area contributed by atoms with E-state index in [1.54, 1.807) is 6.08 Å². The van der Waals surface area contributed by atoms with Gasteiger partial charge in [0, 0.05) is 9.93 Å². The van der Waals surface area contributed by atoms with Crippen molar-refractivity contribution < 1.29 is 0 Å². The van der Waals surface area contributed by atoms with Crippen molar-refractivity contribution in [3.63, 3.8) is 0 Å². The maximum absolute atomic E-state index is 7.00. The molecule has 0 aromatic heterocycles. The van der Waals surface area contributed by atoms with Gasteiger partial charge in [0.1, 0.15) is 0 Å². The highest BCUT2D eigenvalue weighted by Crippen LogP contribution is 1.98. The van der Waals surface area contributed by atoms with Crippen molar-refractivity contribution in [1.29, 1.82) is 0 Å². The topological polar surface area (TPSA) is 34.1 Å². The molecule has 0 bridgehead atoms. The Morgan fingerprint density at radius 3 is 2.07 bits per heavy atom. The van der Waals surface area contributed by atoms with E-state index in [2.05, 4.69) is 31.0 Å². The maximum Gasteiger partial charge on any atom is 0 e. The van der Waals surface area contributed by atoms with E-state index in [-0.39, 0.29) is 0 Å². The summed E-state index contributed by atoms with van der Waals surface area (Å²) in [6.07, 6.45) is 4.65. The van der Waals surface area contributed by atoms with Crippen LogP contribution in [0.25, 0.3) is 0 Å². The Bertz CT molecular complexity index is 285. The number of benzene rings is 1. The van der Waals surface area contributed by atoms with Crippen molar-refractivity contribution in [2.45, 2.75) is 13.3 Å². The van der Waals surface area contributed by atoms with E-state index < -0.39 is 0 Å². The van der Waals surface area contributed by atoms with Crippen molar-refractivity contribution in [3.05, 3.63) is 76.9 Å². The third kappa shape index (κ3) is 12.1. The second-order valence-corrected chi connectivity index (χ2v) is 2.47. The third-order valence-electron chi connectivity index (χ3n) is 1.43. The third-order valence-corrected chi connectivity index (χ3v) is 1.43. The van der Waals surface area contributed by atoms with Crippen LogP contribution in [-0.4, -0.2) is 0 Å². The highest BCUT2D eigenvalue weighted by atomic mass is 16.7. The molecular formula is C13H16O2. The molecule has 1 aromatic carbocycles. The molecule has 0 saturated carbocycles. The van der Waals surface area contributed by atoms with Gasteiger partial charge in [-0.25, -0.2) is 0 Å². The van der Waals surface area contributed by atoms with Crippen LogP contribution in [0.4, 0.5) is 0 Å². The smallest absolute Gasteiger partial charge is 0 e. The summed E-state index contributed by atoms with van der Waals surface area (Å²) in [5.41, 5.74) is 3.88. The van der Waals surface area contributed by atoms with Crippen LogP contribution in [0.5, 0.6) is 0 Å². The van der Waals surface area contributed by atoms with Gasteiger partial charge in [0.15, 0.2) is 0 Å². The summed E-state index contributed by atoms with van der Waals surface area (Å²) in [5, 5.41) is 0. The first-order valence-electron chi connectivity index (χ1n) is 4.47. The van der Waals surface area contributed by atoms with Gasteiger partial charge in [-0.2, -0.15) is 0 Å². The Hall–Kier alpha value is -1.92. The molecule has 0 heterocycles. The molecule has 2 heteroatoms. The lowest BCUT2D eigenvalue weighted by atomic mass is 10.2. The molecule has 0 aliphatic carbocycles. The number of allylic oxidation sites excluding steroid dienone is 2. The predicted molar refractivity (Wildman–Crippen MR) is 66.5 cm³/mol. The minimum Gasteiger partial charge on any atom is -0.133 e. The fraction of sp³-hybridized carbons (Fsp3) is 0.154. The molecule has 1 aromatic rings. The molecule has 0 N–H and O–H groups in total. The van der Waals surface area contributed by atoms with Crippen LogP contribution in [0, 0.1) is 9.93 Å². The molecule has 80 valence electrons. The molecule has 0 aliphatic heterocycles. The molecule has 0 radical (unpaired) electrons. The van der Waals surface area contributed by atoms with Gasteiger partial charge < -0.3 is 0 Å². The lowest BCUT2D eigenvalue weighted by molar-refractivity contribution is 1.28. The van der Waals surface area contributed by atoms with E-state index in [4.69, 9.17) is 9.93 Å². The van der Waals surface area contributed by atoms with Gasteiger partial charge in [-0.15, -0.1) is 12.3 Å². The number of rotatable bonds is 2. The second kappa shape index (κ2) is 14.6. The Morgan fingerprint density at radius 2 is 1.73 bits per heavy atom. The van der Waals surface area contributed by atoms with Crippen LogP contribution >= 0.6 is 0 Å². The standard InChI is InChI=1S/C9H10.C4H6.O2/c1-2-6-9-7-4-3-5-8-9;1-3-4-2;1-2/h2-5,7-8H,1,6H2;4H,1H2,2H3;. The SMILES string of the molecule is C=C=CC.C=CCc1ccccc1.O=O. The Balaban J connectivity index is 0. The van der Waals surface area contributed by atoms with Gasteiger partial charge in [-0.3, -0.25) is 0 Å². The van der Waals surface area contributed by atoms with E-state index in [0.29, 0.717) is 0 Å². The number of hydrogen-bond donors (Lipinski definition) is 0. The Morgan fingerprint density at radius 1 is 1.27 bits per heavy atom. The molecule has 15 heavy (non-hydrogen) atoms. The zero-order valence-electron chi connectivity index (χ0n) is 8.98. The molecule has 0 spiro atoms. The van der Waals surface area contributed by atoms with Gasteiger partial charge in [0.25, 0.3) is 0 Å². The largest absolute Gasteiger partial charge is 0.133 e. The first-order valence-corrected chi connectivity index (χ1v) is 4.47. The minimum absolute atomic E-state index is 0.973. The van der Waals surface area contributed by atoms with Crippen molar-refractivity contribution >= 4 is 0 Å². The zero-order chi connectivity index (χ0) is 11.9. The second-order valence-electron chi connectivity index (χ2n) is 2.47. The van der Waals surface area contributed by atoms with E-state index in [9.17, 15) is 0 Å². The average Bonchev–Trinajstić information content (AvgIpc) is 2.34. The molecule has 2 nitrogen and oxygen atoms in total. The minimum atomic E-state index is 0.973. The van der Waals surface area contributed by atoms with E-state index in [1.807, 2.05) is 31.2 Å². The van der Waals surface area contributed by atoms with Crippen molar-refractivity contribution in [2.24, 2.45) is 0 Å². The van der Waals surface area contributed by atoms with Gasteiger partial charge in [0.05, 0.1) is 0 Å². The normalized spacial score (nSPS) is 6.73. The summed E-state index contributed by atoms with van der Waals surface area (Å²) in [7, 11) is 0. The molecular weight excluding hydrogens is 188 g/mol. The fourth-order valence-electron chi connectivity index (χ4n) is 0.781. The van der Waals surface area contributed by atoms with Crippen molar-refractivity contribution in [1.82, 2.24) is 0 Å². The van der Waals surface area contributed by atoms with Gasteiger partial charge >= 0.3 is 0 Å². The molecule has 0 amide bonds. The summed E-state index contributed by atoms with van der Waals surface area (Å²) in [6, 6.07) is 10.3. The fourth-order valence-corrected chi connectivity index (χ4v) is 0.781. The van der Waals surface area contributed by atoms with Crippen LogP contribution in [0.1, 0.15) is 12.5 Å². The molecule has 0 fully saturated rings. The highest BCUT2D eigenvalue weighted by molar-refractivity contribution is 5.16. The van der Waals surface area contributed by atoms with Crippen LogP contribution in [0.3, 0.4) is 0 Å². The molecule has 1 rings (SSSR count). The highest BCUT2D eigenvalue weighted by Gasteiger charge is 1.82. The zero-order valence-corrected chi connectivity index (χ0v) is 8.98. The molecule has 0 aliphatic rings. The summed E-state index contributed by atoms with van der Waals surface area (Å²) in [4.78, 5) is 14.0. The summed E-state index contributed by atoms with van der Waals surface area (Å²) in [5.74, 6) is 0. The van der Waals surface area contributed by atoms with E-state index in [1.165, 1.54) is 5.56 Å². The number of hydrogen-bond acceptors (Lipinski definition) is 2. The van der Waals surface area contributed by atoms with Crippen LogP contribution in [-0.2, 0) is 6.42 Å². The summed E-state index contributed by atoms with van der Waals surface area (Å²) < 4.78 is 0. The Kier molecular flexibility index (Phi) is 15.1. The molecule has 0 atom stereocenters. The summed E-state index contributed by atoms with van der Waals surface area (Å²) >= 11 is 0. The van der Waals surface area contributed by atoms with Gasteiger partial charge in [-0.1, -0.05) is 43.0 Å². The van der Waals surface area contributed by atoms with Crippen LogP contribution in [0.2, 0.25) is 0 Å². The van der Waals surface area contributed by atoms with Crippen LogP contribution < -0.4 is 0 Å². The molecule has 0 unspecified atom stereocenters. The quantitative estimate of drug-likeness (QED) is 0.542. The Labute approximate surface area is 90.9 Å². The average molecular weight is 204 g/mol. The molecule has 0 saturated heterocycles. The first-order chi connectivity index (χ1) is 7.35. The van der Waals surface area contributed by atoms with Crippen molar-refractivity contribution in [2.75, 3.05) is 0 Å². The predicted octanol–water partition coefficient (Wildman–Crippen LogP) is 3.83. The van der Waals surface area contributed by atoms with Gasteiger partial charge in [-0.05, 0) is 25.0 Å². The van der Waals surface area contributed by atoms with E-state index in [0.717, 1.165) is 6.42 Å². The first kappa shape index (κ1) is 15.5. The monoisotopic (exact) mass is 204 g/mol. The lowest BCUT2D eigenvalue weighted by Gasteiger charge is -1.91. The van der Waals surface area contributed by atoms with E-state index >= 15 is 0 Å².